The average Bonchev–Trinajstić information content (AvgIpc) is 2.56. The van der Waals surface area contributed by atoms with E-state index >= 15 is 0 Å². The Kier molecular flexibility index (Phi) is 2.99. The van der Waals surface area contributed by atoms with Crippen LogP contribution in [-0.2, 0) is 4.74 Å². The number of carbonyl (C=O) groups is 1. The van der Waals surface area contributed by atoms with Crippen molar-refractivity contribution in [3.05, 3.63) is 21.3 Å². The normalized spacial score (nSPS) is 12.0. The maximum absolute atomic E-state index is 11.8. The Hall–Kier alpha value is -0.580. The molecule has 0 aliphatic carbocycles. The fourth-order valence-electron chi connectivity index (χ4n) is 1.24. The van der Waals surface area contributed by atoms with Gasteiger partial charge in [-0.05, 0) is 32.9 Å². The lowest BCUT2D eigenvalue weighted by atomic mass is 10.2. The number of thiophene rings is 2. The summed E-state index contributed by atoms with van der Waals surface area (Å²) in [5.74, 6) is -0.267. The van der Waals surface area contributed by atoms with E-state index in [9.17, 15) is 4.79 Å². The number of carbonyl (C=O) groups excluding carboxylic acids is 1. The molecule has 2 heterocycles. The summed E-state index contributed by atoms with van der Waals surface area (Å²) in [7, 11) is 0. The molecule has 5 heteroatoms. The van der Waals surface area contributed by atoms with Crippen molar-refractivity contribution in [2.75, 3.05) is 0 Å². The number of hydrogen-bond donors (Lipinski definition) is 0. The summed E-state index contributed by atoms with van der Waals surface area (Å²) >= 11 is 8.78. The molecular weight excluding hydrogens is 264 g/mol. The van der Waals surface area contributed by atoms with Crippen LogP contribution in [0.1, 0.15) is 30.4 Å². The van der Waals surface area contributed by atoms with Crippen LogP contribution in [0.25, 0.3) is 9.40 Å². The Bertz CT molecular complexity index is 502. The number of hydrogen-bond acceptors (Lipinski definition) is 4. The SMILES string of the molecule is CC(C)(C)OC(=O)c1cc2cc(Cl)sc2s1. The smallest absolute Gasteiger partial charge is 0.348 e. The Morgan fingerprint density at radius 2 is 2.00 bits per heavy atom. The highest BCUT2D eigenvalue weighted by molar-refractivity contribution is 7.40. The topological polar surface area (TPSA) is 26.3 Å². The minimum absolute atomic E-state index is 0.267. The van der Waals surface area contributed by atoms with E-state index in [1.165, 1.54) is 22.7 Å². The van der Waals surface area contributed by atoms with Crippen molar-refractivity contribution in [2.24, 2.45) is 0 Å². The minimum atomic E-state index is -0.452. The molecule has 0 bridgehead atoms. The summed E-state index contributed by atoms with van der Waals surface area (Å²) in [4.78, 5) is 12.4. The van der Waals surface area contributed by atoms with Crippen LogP contribution >= 0.6 is 34.3 Å². The molecule has 2 rings (SSSR count). The third-order valence-electron chi connectivity index (χ3n) is 1.78. The Labute approximate surface area is 107 Å². The van der Waals surface area contributed by atoms with Crippen molar-refractivity contribution in [3.63, 3.8) is 0 Å². The molecule has 0 aromatic carbocycles. The first kappa shape index (κ1) is 11.9. The van der Waals surface area contributed by atoms with Gasteiger partial charge >= 0.3 is 5.97 Å². The van der Waals surface area contributed by atoms with Crippen LogP contribution in [0.15, 0.2) is 12.1 Å². The molecule has 0 amide bonds. The van der Waals surface area contributed by atoms with E-state index < -0.39 is 5.60 Å². The van der Waals surface area contributed by atoms with E-state index in [-0.39, 0.29) is 5.97 Å². The Balaban J connectivity index is 2.27. The van der Waals surface area contributed by atoms with Crippen molar-refractivity contribution in [1.82, 2.24) is 0 Å². The zero-order valence-corrected chi connectivity index (χ0v) is 11.6. The average molecular weight is 275 g/mol. The van der Waals surface area contributed by atoms with Crippen molar-refractivity contribution in [3.8, 4) is 0 Å². The predicted molar refractivity (Wildman–Crippen MR) is 69.9 cm³/mol. The first-order valence-corrected chi connectivity index (χ1v) is 6.78. The van der Waals surface area contributed by atoms with E-state index in [4.69, 9.17) is 16.3 Å². The molecule has 0 aliphatic heterocycles. The van der Waals surface area contributed by atoms with Gasteiger partial charge in [-0.25, -0.2) is 4.79 Å². The molecular formula is C11H11ClO2S2. The zero-order valence-electron chi connectivity index (χ0n) is 9.17. The van der Waals surface area contributed by atoms with E-state index in [0.29, 0.717) is 4.88 Å². The monoisotopic (exact) mass is 274 g/mol. The molecule has 0 radical (unpaired) electrons. The van der Waals surface area contributed by atoms with Gasteiger partial charge in [-0.1, -0.05) is 11.6 Å². The number of esters is 1. The highest BCUT2D eigenvalue weighted by atomic mass is 35.5. The van der Waals surface area contributed by atoms with Crippen LogP contribution in [0, 0.1) is 0 Å². The highest BCUT2D eigenvalue weighted by Crippen LogP contribution is 2.36. The van der Waals surface area contributed by atoms with Gasteiger partial charge in [0.1, 0.15) is 10.5 Å². The first-order valence-electron chi connectivity index (χ1n) is 4.77. The van der Waals surface area contributed by atoms with E-state index in [1.807, 2.05) is 32.9 Å². The van der Waals surface area contributed by atoms with Gasteiger partial charge in [0.05, 0.1) is 8.35 Å². The van der Waals surface area contributed by atoms with E-state index in [0.717, 1.165) is 13.7 Å². The van der Waals surface area contributed by atoms with E-state index in [1.54, 1.807) is 0 Å². The first-order chi connectivity index (χ1) is 7.35. The lowest BCUT2D eigenvalue weighted by molar-refractivity contribution is 0.00753. The molecule has 0 saturated carbocycles. The summed E-state index contributed by atoms with van der Waals surface area (Å²) in [5, 5.41) is 1.01. The van der Waals surface area contributed by atoms with Gasteiger partial charge in [0.25, 0.3) is 0 Å². The molecule has 2 nitrogen and oxygen atoms in total. The molecule has 0 atom stereocenters. The quantitative estimate of drug-likeness (QED) is 0.712. The largest absolute Gasteiger partial charge is 0.456 e. The molecule has 86 valence electrons. The van der Waals surface area contributed by atoms with Crippen LogP contribution in [0.4, 0.5) is 0 Å². The zero-order chi connectivity index (χ0) is 11.9. The standard InChI is InChI=1S/C11H11ClO2S2/c1-11(2,3)14-9(13)7-4-6-5-8(12)16-10(6)15-7/h4-5H,1-3H3. The van der Waals surface area contributed by atoms with Crippen molar-refractivity contribution in [1.29, 1.82) is 0 Å². The van der Waals surface area contributed by atoms with Crippen LogP contribution in [0.3, 0.4) is 0 Å². The molecule has 0 N–H and O–H groups in total. The molecule has 0 unspecified atom stereocenters. The number of rotatable bonds is 1. The number of ether oxygens (including phenoxy) is 1. The molecule has 0 aliphatic rings. The van der Waals surface area contributed by atoms with Gasteiger partial charge in [0.15, 0.2) is 0 Å². The maximum atomic E-state index is 11.8. The molecule has 2 aromatic heterocycles. The second kappa shape index (κ2) is 4.02. The third kappa shape index (κ3) is 2.56. The molecule has 0 fully saturated rings. The van der Waals surface area contributed by atoms with Crippen LogP contribution in [-0.4, -0.2) is 11.6 Å². The highest BCUT2D eigenvalue weighted by Gasteiger charge is 2.20. The lowest BCUT2D eigenvalue weighted by Crippen LogP contribution is -2.23. The second-order valence-electron chi connectivity index (χ2n) is 4.41. The fourth-order valence-corrected chi connectivity index (χ4v) is 3.77. The summed E-state index contributed by atoms with van der Waals surface area (Å²) in [5.41, 5.74) is -0.452. The summed E-state index contributed by atoms with van der Waals surface area (Å²) < 4.78 is 7.10. The van der Waals surface area contributed by atoms with Gasteiger partial charge in [-0.3, -0.25) is 0 Å². The number of halogens is 1. The fraction of sp³-hybridized carbons (Fsp3) is 0.364. The summed E-state index contributed by atoms with van der Waals surface area (Å²) in [6, 6.07) is 3.70. The summed E-state index contributed by atoms with van der Waals surface area (Å²) in [6.45, 7) is 5.58. The van der Waals surface area contributed by atoms with Crippen LogP contribution < -0.4 is 0 Å². The van der Waals surface area contributed by atoms with E-state index in [2.05, 4.69) is 0 Å². The Morgan fingerprint density at radius 1 is 1.31 bits per heavy atom. The predicted octanol–water partition coefficient (Wildman–Crippen LogP) is 4.57. The van der Waals surface area contributed by atoms with Gasteiger partial charge in [0, 0.05) is 5.39 Å². The minimum Gasteiger partial charge on any atom is -0.456 e. The van der Waals surface area contributed by atoms with Gasteiger partial charge in [-0.15, -0.1) is 22.7 Å². The van der Waals surface area contributed by atoms with Crippen LogP contribution in [0.2, 0.25) is 4.34 Å². The second-order valence-corrected chi connectivity index (χ2v) is 7.40. The van der Waals surface area contributed by atoms with Crippen LogP contribution in [0.5, 0.6) is 0 Å². The van der Waals surface area contributed by atoms with Gasteiger partial charge in [0.2, 0.25) is 0 Å². The lowest BCUT2D eigenvalue weighted by Gasteiger charge is -2.18. The molecule has 16 heavy (non-hydrogen) atoms. The van der Waals surface area contributed by atoms with Crippen molar-refractivity contribution < 1.29 is 9.53 Å². The molecule has 0 saturated heterocycles. The molecule has 0 spiro atoms. The Morgan fingerprint density at radius 3 is 2.56 bits per heavy atom. The van der Waals surface area contributed by atoms with Crippen molar-refractivity contribution in [2.45, 2.75) is 26.4 Å². The third-order valence-corrected chi connectivity index (χ3v) is 4.28. The maximum Gasteiger partial charge on any atom is 0.348 e. The summed E-state index contributed by atoms with van der Waals surface area (Å²) in [6.07, 6.45) is 0. The van der Waals surface area contributed by atoms with Gasteiger partial charge < -0.3 is 4.74 Å². The molecule has 2 aromatic rings. The van der Waals surface area contributed by atoms with Crippen molar-refractivity contribution >= 4 is 49.6 Å². The number of fused-ring (bicyclic) bond motifs is 1. The van der Waals surface area contributed by atoms with Gasteiger partial charge in [-0.2, -0.15) is 0 Å².